The minimum absolute atomic E-state index is 0.128. The Labute approximate surface area is 209 Å². The second-order valence-corrected chi connectivity index (χ2v) is 8.72. The van der Waals surface area contributed by atoms with Crippen LogP contribution in [0.3, 0.4) is 0 Å². The molecule has 0 saturated heterocycles. The van der Waals surface area contributed by atoms with Gasteiger partial charge in [0.1, 0.15) is 11.4 Å². The van der Waals surface area contributed by atoms with E-state index in [-0.39, 0.29) is 18.0 Å². The first-order chi connectivity index (χ1) is 17.3. The molecule has 0 fully saturated rings. The maximum Gasteiger partial charge on any atom is 0.407 e. The molecule has 1 aromatic heterocycles. The summed E-state index contributed by atoms with van der Waals surface area (Å²) >= 11 is 0. The highest BCUT2D eigenvalue weighted by Gasteiger charge is 2.28. The maximum absolute atomic E-state index is 13.4. The fourth-order valence-electron chi connectivity index (χ4n) is 4.11. The Balaban J connectivity index is 1.51. The number of nitrogens with zero attached hydrogens (tertiary/aromatic N) is 5. The molecule has 2 amide bonds. The molecular weight excluding hydrogens is 460 g/mol. The van der Waals surface area contributed by atoms with Gasteiger partial charge in [-0.1, -0.05) is 42.5 Å². The first-order valence-corrected chi connectivity index (χ1v) is 11.7. The Morgan fingerprint density at radius 2 is 1.97 bits per heavy atom. The molecule has 0 spiro atoms. The summed E-state index contributed by atoms with van der Waals surface area (Å²) in [5, 5.41) is 9.20. The summed E-state index contributed by atoms with van der Waals surface area (Å²) in [7, 11) is 3.42. The Hall–Kier alpha value is -4.18. The molecule has 10 nitrogen and oxygen atoms in total. The van der Waals surface area contributed by atoms with Crippen LogP contribution in [0, 0.1) is 0 Å². The maximum atomic E-state index is 13.4. The third-order valence-corrected chi connectivity index (χ3v) is 6.18. The lowest BCUT2D eigenvalue weighted by atomic mass is 10.1. The van der Waals surface area contributed by atoms with Gasteiger partial charge in [0.2, 0.25) is 5.95 Å². The average molecular weight is 491 g/mol. The third kappa shape index (κ3) is 5.72. The number of likely N-dealkylation sites (N-methyl/N-ethyl adjacent to an activating group) is 1. The van der Waals surface area contributed by atoms with E-state index in [0.29, 0.717) is 44.0 Å². The predicted molar refractivity (Wildman–Crippen MR) is 137 cm³/mol. The highest BCUT2D eigenvalue weighted by molar-refractivity contribution is 6.09. The van der Waals surface area contributed by atoms with Gasteiger partial charge in [0, 0.05) is 45.6 Å². The number of anilines is 3. The van der Waals surface area contributed by atoms with Crippen molar-refractivity contribution in [2.75, 3.05) is 49.3 Å². The molecule has 0 aliphatic carbocycles. The Morgan fingerprint density at radius 3 is 2.72 bits per heavy atom. The predicted octanol–water partition coefficient (Wildman–Crippen LogP) is 3.41. The fraction of sp³-hybridized carbons (Fsp3) is 0.308. The van der Waals surface area contributed by atoms with Crippen LogP contribution >= 0.6 is 0 Å². The van der Waals surface area contributed by atoms with Crippen molar-refractivity contribution < 1.29 is 19.4 Å². The van der Waals surface area contributed by atoms with Gasteiger partial charge in [-0.3, -0.25) is 4.79 Å². The van der Waals surface area contributed by atoms with Gasteiger partial charge in [0.25, 0.3) is 5.91 Å². The van der Waals surface area contributed by atoms with Gasteiger partial charge in [0.05, 0.1) is 12.7 Å². The second kappa shape index (κ2) is 11.0. The summed E-state index contributed by atoms with van der Waals surface area (Å²) in [6.07, 6.45) is 0.737. The third-order valence-electron chi connectivity index (χ3n) is 6.18. The molecule has 0 radical (unpaired) electrons. The number of carbonyl (C=O) groups is 2. The molecule has 2 aromatic carbocycles. The molecule has 2 heterocycles. The molecule has 3 aromatic rings. The fourth-order valence-corrected chi connectivity index (χ4v) is 4.11. The SMILES string of the molecule is CN(CC[C@@H](OCc1cccc(N2CCN(C)c3nc(N)ncc3C2=O)c1)c1ccccc1)C(=O)O. The summed E-state index contributed by atoms with van der Waals surface area (Å²) in [6, 6.07) is 17.4. The summed E-state index contributed by atoms with van der Waals surface area (Å²) in [4.78, 5) is 37.7. The number of nitrogen functional groups attached to an aromatic ring is 1. The molecule has 10 heteroatoms. The van der Waals surface area contributed by atoms with Gasteiger partial charge >= 0.3 is 6.09 Å². The normalized spacial score (nSPS) is 14.2. The van der Waals surface area contributed by atoms with Crippen molar-refractivity contribution in [1.29, 1.82) is 0 Å². The minimum atomic E-state index is -0.975. The van der Waals surface area contributed by atoms with Crippen molar-refractivity contribution in [1.82, 2.24) is 14.9 Å². The van der Waals surface area contributed by atoms with Gasteiger partial charge in [-0.15, -0.1) is 0 Å². The number of fused-ring (bicyclic) bond motifs is 1. The van der Waals surface area contributed by atoms with Crippen LogP contribution in [0.4, 0.5) is 22.2 Å². The second-order valence-electron chi connectivity index (χ2n) is 8.72. The molecule has 0 unspecified atom stereocenters. The van der Waals surface area contributed by atoms with Crippen molar-refractivity contribution in [3.63, 3.8) is 0 Å². The summed E-state index contributed by atoms with van der Waals surface area (Å²) in [5.41, 5.74) is 8.77. The lowest BCUT2D eigenvalue weighted by Crippen LogP contribution is -2.33. The molecule has 1 atom stereocenters. The number of carboxylic acid groups (broad SMARTS) is 1. The van der Waals surface area contributed by atoms with Gasteiger partial charge in [-0.05, 0) is 29.7 Å². The van der Waals surface area contributed by atoms with Crippen molar-refractivity contribution in [2.45, 2.75) is 19.1 Å². The van der Waals surface area contributed by atoms with Crippen LogP contribution in [0.15, 0.2) is 60.8 Å². The van der Waals surface area contributed by atoms with Crippen LogP contribution in [0.1, 0.15) is 34.0 Å². The van der Waals surface area contributed by atoms with Crippen molar-refractivity contribution in [2.24, 2.45) is 0 Å². The number of carbonyl (C=O) groups excluding carboxylic acids is 1. The summed E-state index contributed by atoms with van der Waals surface area (Å²) in [6.45, 7) is 1.71. The molecule has 188 valence electrons. The van der Waals surface area contributed by atoms with E-state index in [0.717, 1.165) is 16.8 Å². The number of benzene rings is 2. The van der Waals surface area contributed by atoms with Crippen LogP contribution in [-0.4, -0.2) is 65.7 Å². The molecule has 1 aliphatic rings. The Morgan fingerprint density at radius 1 is 1.19 bits per heavy atom. The van der Waals surface area contributed by atoms with E-state index in [1.165, 1.54) is 11.1 Å². The number of nitrogens with two attached hydrogens (primary N) is 1. The summed E-state index contributed by atoms with van der Waals surface area (Å²) < 4.78 is 6.26. The first-order valence-electron chi connectivity index (χ1n) is 11.7. The zero-order valence-electron chi connectivity index (χ0n) is 20.4. The zero-order valence-corrected chi connectivity index (χ0v) is 20.4. The Kier molecular flexibility index (Phi) is 7.65. The van der Waals surface area contributed by atoms with Crippen molar-refractivity contribution in [3.8, 4) is 0 Å². The highest BCUT2D eigenvalue weighted by Crippen LogP contribution is 2.28. The smallest absolute Gasteiger partial charge is 0.407 e. The number of hydrogen-bond donors (Lipinski definition) is 2. The van der Waals surface area contributed by atoms with Crippen LogP contribution in [0.2, 0.25) is 0 Å². The molecule has 3 N–H and O–H groups in total. The van der Waals surface area contributed by atoms with Crippen LogP contribution in [0.25, 0.3) is 0 Å². The van der Waals surface area contributed by atoms with E-state index in [1.54, 1.807) is 11.9 Å². The van der Waals surface area contributed by atoms with Crippen molar-refractivity contribution in [3.05, 3.63) is 77.5 Å². The molecule has 0 saturated carbocycles. The number of hydrogen-bond acceptors (Lipinski definition) is 7. The number of aromatic nitrogens is 2. The number of ether oxygens (including phenoxy) is 1. The lowest BCUT2D eigenvalue weighted by Gasteiger charge is -2.23. The molecular formula is C26H30N6O4. The average Bonchev–Trinajstić information content (AvgIpc) is 3.00. The monoisotopic (exact) mass is 490 g/mol. The van der Waals surface area contributed by atoms with Gasteiger partial charge in [-0.2, -0.15) is 4.98 Å². The van der Waals surface area contributed by atoms with Crippen LogP contribution in [0.5, 0.6) is 0 Å². The largest absolute Gasteiger partial charge is 0.465 e. The lowest BCUT2D eigenvalue weighted by molar-refractivity contribution is 0.0288. The van der Waals surface area contributed by atoms with E-state index in [9.17, 15) is 14.7 Å². The Bertz CT molecular complexity index is 1220. The first kappa shape index (κ1) is 24.9. The van der Waals surface area contributed by atoms with E-state index in [2.05, 4.69) is 9.97 Å². The van der Waals surface area contributed by atoms with Crippen molar-refractivity contribution >= 4 is 29.5 Å². The molecule has 1 aliphatic heterocycles. The topological polar surface area (TPSA) is 125 Å². The van der Waals surface area contributed by atoms with E-state index < -0.39 is 6.09 Å². The van der Waals surface area contributed by atoms with Crippen LogP contribution < -0.4 is 15.5 Å². The minimum Gasteiger partial charge on any atom is -0.465 e. The van der Waals surface area contributed by atoms with E-state index in [4.69, 9.17) is 10.5 Å². The standard InChI is InChI=1S/C26H30N6O4/c1-30-13-14-32(24(33)21-16-28-25(27)29-23(21)30)20-10-6-7-18(15-20)17-36-22(11-12-31(2)26(34)35)19-8-4-3-5-9-19/h3-10,15-16,22H,11-14,17H2,1-2H3,(H,34,35)(H2,27,28,29)/t22-/m1/s1. The zero-order chi connectivity index (χ0) is 25.7. The summed E-state index contributed by atoms with van der Waals surface area (Å²) in [5.74, 6) is 0.460. The number of rotatable bonds is 8. The van der Waals surface area contributed by atoms with Gasteiger partial charge in [-0.25, -0.2) is 9.78 Å². The molecule has 0 bridgehead atoms. The number of amides is 2. The van der Waals surface area contributed by atoms with E-state index in [1.807, 2.05) is 66.5 Å². The van der Waals surface area contributed by atoms with E-state index >= 15 is 0 Å². The van der Waals surface area contributed by atoms with Crippen LogP contribution in [-0.2, 0) is 11.3 Å². The quantitative estimate of drug-likeness (QED) is 0.492. The molecule has 36 heavy (non-hydrogen) atoms. The van der Waals surface area contributed by atoms with Gasteiger partial charge < -0.3 is 30.3 Å². The van der Waals surface area contributed by atoms with Gasteiger partial charge in [0.15, 0.2) is 0 Å². The molecule has 4 rings (SSSR count). The highest BCUT2D eigenvalue weighted by atomic mass is 16.5.